The third-order valence-corrected chi connectivity index (χ3v) is 5.37. The number of carbonyl (C=O) groups is 2. The van der Waals surface area contributed by atoms with Crippen LogP contribution in [-0.2, 0) is 4.79 Å². The lowest BCUT2D eigenvalue weighted by Crippen LogP contribution is -2.41. The molecule has 0 saturated heterocycles. The second kappa shape index (κ2) is 8.39. The fraction of sp³-hybridized carbons (Fsp3) is 0.600. The van der Waals surface area contributed by atoms with Gasteiger partial charge < -0.3 is 5.32 Å². The minimum Gasteiger partial charge on any atom is -0.341 e. The topological polar surface area (TPSA) is 84.0 Å². The third kappa shape index (κ3) is 5.79. The molecule has 0 saturated carbocycles. The smallest absolute Gasteiger partial charge is 0.321 e. The van der Waals surface area contributed by atoms with Crippen LogP contribution in [0.25, 0.3) is 0 Å². The van der Waals surface area contributed by atoms with Gasteiger partial charge in [0.2, 0.25) is 5.91 Å². The minimum absolute atomic E-state index is 0.345. The number of thioether (sulfide) groups is 2. The quantitative estimate of drug-likeness (QED) is 0.780. The van der Waals surface area contributed by atoms with E-state index in [1.54, 1.807) is 18.7 Å². The standard InChI is InChI=1S/C10H16N4O2S3/c1-4-5-17-9-13-14-10(19-9)18-6(2)7(15)12-8(16)11-3/h6H,4-5H2,1-3H3,(H2,11,12,15,16)/t6-/m1/s1. The van der Waals surface area contributed by atoms with E-state index in [0.29, 0.717) is 0 Å². The van der Waals surface area contributed by atoms with Crippen LogP contribution in [0.15, 0.2) is 8.68 Å². The molecule has 0 aliphatic rings. The Bertz CT molecular complexity index is 438. The van der Waals surface area contributed by atoms with Gasteiger partial charge in [0.25, 0.3) is 0 Å². The first-order valence-corrected chi connectivity index (χ1v) is 8.40. The molecule has 0 bridgehead atoms. The molecule has 1 atom stereocenters. The van der Waals surface area contributed by atoms with Crippen molar-refractivity contribution in [1.82, 2.24) is 20.8 Å². The maximum atomic E-state index is 11.7. The van der Waals surface area contributed by atoms with E-state index in [1.165, 1.54) is 30.1 Å². The first-order chi connectivity index (χ1) is 9.06. The summed E-state index contributed by atoms with van der Waals surface area (Å²) in [6.07, 6.45) is 1.08. The van der Waals surface area contributed by atoms with Gasteiger partial charge in [-0.1, -0.05) is 41.8 Å². The first kappa shape index (κ1) is 16.3. The number of aromatic nitrogens is 2. The van der Waals surface area contributed by atoms with Crippen LogP contribution >= 0.6 is 34.9 Å². The molecule has 2 N–H and O–H groups in total. The van der Waals surface area contributed by atoms with Crippen LogP contribution in [0.1, 0.15) is 20.3 Å². The highest BCUT2D eigenvalue weighted by Crippen LogP contribution is 2.31. The third-order valence-electron chi connectivity index (χ3n) is 1.93. The van der Waals surface area contributed by atoms with Crippen LogP contribution in [0.4, 0.5) is 4.79 Å². The number of hydrogen-bond donors (Lipinski definition) is 2. The van der Waals surface area contributed by atoms with Crippen LogP contribution in [0, 0.1) is 0 Å². The van der Waals surface area contributed by atoms with Crippen molar-refractivity contribution < 1.29 is 9.59 Å². The Morgan fingerprint density at radius 3 is 2.68 bits per heavy atom. The average Bonchev–Trinajstić information content (AvgIpc) is 2.83. The fourth-order valence-corrected chi connectivity index (χ4v) is 4.06. The highest BCUT2D eigenvalue weighted by atomic mass is 32.2. The number of hydrogen-bond acceptors (Lipinski definition) is 7. The van der Waals surface area contributed by atoms with Crippen molar-refractivity contribution in [1.29, 1.82) is 0 Å². The van der Waals surface area contributed by atoms with E-state index in [2.05, 4.69) is 27.8 Å². The molecule has 1 rings (SSSR count). The summed E-state index contributed by atoms with van der Waals surface area (Å²) in [5, 5.41) is 12.2. The van der Waals surface area contributed by atoms with Crippen LogP contribution in [0.3, 0.4) is 0 Å². The highest BCUT2D eigenvalue weighted by molar-refractivity contribution is 8.03. The largest absolute Gasteiger partial charge is 0.341 e. The van der Waals surface area contributed by atoms with Gasteiger partial charge in [0, 0.05) is 12.8 Å². The van der Waals surface area contributed by atoms with Crippen molar-refractivity contribution in [2.45, 2.75) is 34.2 Å². The lowest BCUT2D eigenvalue weighted by atomic mass is 10.4. The number of nitrogens with one attached hydrogen (secondary N) is 2. The molecule has 106 valence electrons. The van der Waals surface area contributed by atoms with Gasteiger partial charge >= 0.3 is 6.03 Å². The molecule has 6 nitrogen and oxygen atoms in total. The lowest BCUT2D eigenvalue weighted by molar-refractivity contribution is -0.119. The number of carbonyl (C=O) groups excluding carboxylic acids is 2. The Hall–Kier alpha value is -0.800. The molecule has 1 aromatic rings. The molecule has 1 aromatic heterocycles. The van der Waals surface area contributed by atoms with E-state index < -0.39 is 11.3 Å². The molecular formula is C10H16N4O2S3. The lowest BCUT2D eigenvalue weighted by Gasteiger charge is -2.08. The molecule has 0 radical (unpaired) electrons. The Labute approximate surface area is 124 Å². The average molecular weight is 320 g/mol. The summed E-state index contributed by atoms with van der Waals surface area (Å²) in [5.41, 5.74) is 0. The maximum absolute atomic E-state index is 11.7. The minimum atomic E-state index is -0.506. The van der Waals surface area contributed by atoms with E-state index in [-0.39, 0.29) is 5.91 Å². The molecule has 1 heterocycles. The first-order valence-electron chi connectivity index (χ1n) is 5.72. The molecule has 0 aliphatic heterocycles. The van der Waals surface area contributed by atoms with Gasteiger partial charge in [-0.3, -0.25) is 10.1 Å². The normalized spacial score (nSPS) is 11.9. The number of amides is 3. The molecular weight excluding hydrogens is 304 g/mol. The summed E-state index contributed by atoms with van der Waals surface area (Å²) < 4.78 is 1.64. The zero-order valence-electron chi connectivity index (χ0n) is 10.9. The van der Waals surface area contributed by atoms with Crippen LogP contribution < -0.4 is 10.6 Å². The summed E-state index contributed by atoms with van der Waals surface area (Å²) in [5.74, 6) is 0.661. The molecule has 3 amide bonds. The fourth-order valence-electron chi connectivity index (χ4n) is 0.973. The van der Waals surface area contributed by atoms with Crippen molar-refractivity contribution in [2.75, 3.05) is 12.8 Å². The number of imide groups is 1. The van der Waals surface area contributed by atoms with Gasteiger partial charge in [-0.15, -0.1) is 10.2 Å². The summed E-state index contributed by atoms with van der Waals surface area (Å²) in [7, 11) is 1.46. The van der Waals surface area contributed by atoms with E-state index in [4.69, 9.17) is 0 Å². The predicted octanol–water partition coefficient (Wildman–Crippen LogP) is 1.98. The highest BCUT2D eigenvalue weighted by Gasteiger charge is 2.18. The zero-order chi connectivity index (χ0) is 14.3. The van der Waals surface area contributed by atoms with E-state index in [0.717, 1.165) is 20.9 Å². The van der Waals surface area contributed by atoms with E-state index in [1.807, 2.05) is 0 Å². The zero-order valence-corrected chi connectivity index (χ0v) is 13.4. The molecule has 19 heavy (non-hydrogen) atoms. The summed E-state index contributed by atoms with van der Waals surface area (Å²) in [4.78, 5) is 22.7. The SMILES string of the molecule is CCCSc1nnc(S[C@H](C)C(=O)NC(=O)NC)s1. The van der Waals surface area contributed by atoms with Crippen molar-refractivity contribution in [3.8, 4) is 0 Å². The summed E-state index contributed by atoms with van der Waals surface area (Å²) in [6, 6.07) is -0.506. The molecule has 0 aliphatic carbocycles. The Balaban J connectivity index is 2.47. The Morgan fingerprint density at radius 2 is 2.05 bits per heavy atom. The van der Waals surface area contributed by atoms with Crippen molar-refractivity contribution >= 4 is 46.8 Å². The maximum Gasteiger partial charge on any atom is 0.321 e. The predicted molar refractivity (Wildman–Crippen MR) is 78.8 cm³/mol. The number of rotatable bonds is 6. The molecule has 0 fully saturated rings. The number of nitrogens with zero attached hydrogens (tertiary/aromatic N) is 2. The Kier molecular flexibility index (Phi) is 7.17. The van der Waals surface area contributed by atoms with Gasteiger partial charge in [0.05, 0.1) is 5.25 Å². The van der Waals surface area contributed by atoms with Gasteiger partial charge in [-0.25, -0.2) is 4.79 Å². The second-order valence-corrected chi connectivity index (χ2v) is 7.42. The molecule has 0 spiro atoms. The molecule has 9 heteroatoms. The Morgan fingerprint density at radius 1 is 1.37 bits per heavy atom. The molecule has 0 aromatic carbocycles. The monoisotopic (exact) mass is 320 g/mol. The van der Waals surface area contributed by atoms with E-state index >= 15 is 0 Å². The molecule has 0 unspecified atom stereocenters. The second-order valence-electron chi connectivity index (χ2n) is 3.51. The van der Waals surface area contributed by atoms with Gasteiger partial charge in [-0.2, -0.15) is 0 Å². The van der Waals surface area contributed by atoms with Crippen molar-refractivity contribution in [3.05, 3.63) is 0 Å². The van der Waals surface area contributed by atoms with Crippen LogP contribution in [0.5, 0.6) is 0 Å². The summed E-state index contributed by atoms with van der Waals surface area (Å²) >= 11 is 4.42. The van der Waals surface area contributed by atoms with Gasteiger partial charge in [0.15, 0.2) is 8.68 Å². The summed E-state index contributed by atoms with van der Waals surface area (Å²) in [6.45, 7) is 3.83. The van der Waals surface area contributed by atoms with Gasteiger partial charge in [0.1, 0.15) is 0 Å². The van der Waals surface area contributed by atoms with E-state index in [9.17, 15) is 9.59 Å². The van der Waals surface area contributed by atoms with Crippen molar-refractivity contribution in [3.63, 3.8) is 0 Å². The van der Waals surface area contributed by atoms with Crippen molar-refractivity contribution in [2.24, 2.45) is 0 Å². The van der Waals surface area contributed by atoms with Crippen LogP contribution in [0.2, 0.25) is 0 Å². The van der Waals surface area contributed by atoms with Gasteiger partial charge in [-0.05, 0) is 13.3 Å². The van der Waals surface area contributed by atoms with Crippen LogP contribution in [-0.4, -0.2) is 40.2 Å². The number of urea groups is 1.